The third-order valence-corrected chi connectivity index (χ3v) is 4.08. The van der Waals surface area contributed by atoms with E-state index in [1.165, 1.54) is 0 Å². The van der Waals surface area contributed by atoms with Crippen molar-refractivity contribution in [3.8, 4) is 17.2 Å². The van der Waals surface area contributed by atoms with Gasteiger partial charge in [-0.3, -0.25) is 4.79 Å². The van der Waals surface area contributed by atoms with Crippen LogP contribution in [0, 0.1) is 0 Å². The molecule has 0 aromatic heterocycles. The third kappa shape index (κ3) is 2.80. The van der Waals surface area contributed by atoms with Crippen molar-refractivity contribution >= 4 is 11.9 Å². The Morgan fingerprint density at radius 3 is 2.57 bits per heavy atom. The highest BCUT2D eigenvalue weighted by atomic mass is 16.5. The molecule has 0 heterocycles. The van der Waals surface area contributed by atoms with Crippen LogP contribution in [0.2, 0.25) is 0 Å². The van der Waals surface area contributed by atoms with Crippen LogP contribution < -0.4 is 9.47 Å². The molecule has 0 unspecified atom stereocenters. The van der Waals surface area contributed by atoms with E-state index in [2.05, 4.69) is 0 Å². The molecule has 0 atom stereocenters. The van der Waals surface area contributed by atoms with E-state index in [1.54, 1.807) is 32.4 Å². The fourth-order valence-electron chi connectivity index (χ4n) is 2.88. The van der Waals surface area contributed by atoms with Crippen molar-refractivity contribution in [2.75, 3.05) is 14.2 Å². The van der Waals surface area contributed by atoms with Crippen LogP contribution >= 0.6 is 0 Å². The molecule has 1 N–H and O–H groups in total. The Balaban J connectivity index is 1.97. The van der Waals surface area contributed by atoms with Crippen molar-refractivity contribution in [1.82, 2.24) is 0 Å². The van der Waals surface area contributed by atoms with Gasteiger partial charge in [0, 0.05) is 16.7 Å². The number of phenols is 1. The second kappa shape index (κ2) is 6.16. The Bertz CT molecular complexity index is 790. The molecule has 2 aromatic rings. The Hall–Kier alpha value is -2.75. The van der Waals surface area contributed by atoms with Gasteiger partial charge in [0.2, 0.25) is 0 Å². The van der Waals surface area contributed by atoms with Gasteiger partial charge in [-0.15, -0.1) is 0 Å². The lowest BCUT2D eigenvalue weighted by molar-refractivity contribution is 0.102. The van der Waals surface area contributed by atoms with Crippen LogP contribution in [0.4, 0.5) is 0 Å². The molecule has 0 fully saturated rings. The van der Waals surface area contributed by atoms with Crippen LogP contribution in [0.3, 0.4) is 0 Å². The van der Waals surface area contributed by atoms with Gasteiger partial charge in [0.1, 0.15) is 5.75 Å². The highest BCUT2D eigenvalue weighted by molar-refractivity contribution is 6.13. The van der Waals surface area contributed by atoms with Crippen LogP contribution in [0.15, 0.2) is 42.0 Å². The molecule has 0 saturated carbocycles. The van der Waals surface area contributed by atoms with Crippen molar-refractivity contribution in [2.24, 2.45) is 0 Å². The first-order valence-corrected chi connectivity index (χ1v) is 7.42. The van der Waals surface area contributed by atoms with Crippen molar-refractivity contribution in [3.05, 3.63) is 58.7 Å². The Labute approximate surface area is 135 Å². The average Bonchev–Trinajstić information content (AvgIpc) is 2.58. The summed E-state index contributed by atoms with van der Waals surface area (Å²) >= 11 is 0. The molecule has 118 valence electrons. The first-order chi connectivity index (χ1) is 11.1. The molecule has 0 radical (unpaired) electrons. The molecule has 0 bridgehead atoms. The van der Waals surface area contributed by atoms with Crippen molar-refractivity contribution in [3.63, 3.8) is 0 Å². The number of hydrogen-bond donors (Lipinski definition) is 1. The fraction of sp³-hybridized carbons (Fsp3) is 0.211. The zero-order valence-electron chi connectivity index (χ0n) is 13.1. The Morgan fingerprint density at radius 1 is 1.04 bits per heavy atom. The lowest BCUT2D eigenvalue weighted by atomic mass is 9.85. The summed E-state index contributed by atoms with van der Waals surface area (Å²) in [5.41, 5.74) is 2.94. The second-order valence-corrected chi connectivity index (χ2v) is 5.42. The van der Waals surface area contributed by atoms with Gasteiger partial charge in [-0.05, 0) is 42.7 Å². The molecule has 0 saturated heterocycles. The first-order valence-electron chi connectivity index (χ1n) is 7.42. The number of hydrogen-bond acceptors (Lipinski definition) is 4. The molecule has 4 nitrogen and oxygen atoms in total. The standard InChI is InChI=1S/C19H18O4/c1-22-17-9-6-12(11-18(17)23-2)10-13-7-8-14-15(19(13)21)4-3-5-16(14)20/h3-6,9-11,20H,7-8H2,1-2H3/b13-10+. The molecule has 2 aromatic carbocycles. The topological polar surface area (TPSA) is 55.8 Å². The molecule has 0 amide bonds. The highest BCUT2D eigenvalue weighted by Gasteiger charge is 2.23. The predicted octanol–water partition coefficient (Wildman–Crippen LogP) is 3.62. The number of fused-ring (bicyclic) bond motifs is 1. The SMILES string of the molecule is COc1ccc(/C=C2\CCc3c(O)cccc3C2=O)cc1OC. The zero-order chi connectivity index (χ0) is 16.4. The molecular formula is C19H18O4. The number of rotatable bonds is 3. The second-order valence-electron chi connectivity index (χ2n) is 5.42. The summed E-state index contributed by atoms with van der Waals surface area (Å²) in [6.07, 6.45) is 3.14. The van der Waals surface area contributed by atoms with E-state index in [0.717, 1.165) is 16.7 Å². The van der Waals surface area contributed by atoms with Crippen LogP contribution in [-0.2, 0) is 6.42 Å². The van der Waals surface area contributed by atoms with Crippen molar-refractivity contribution < 1.29 is 19.4 Å². The number of benzene rings is 2. The van der Waals surface area contributed by atoms with Crippen LogP contribution in [0.25, 0.3) is 6.08 Å². The zero-order valence-corrected chi connectivity index (χ0v) is 13.1. The molecular weight excluding hydrogens is 292 g/mol. The van der Waals surface area contributed by atoms with E-state index in [-0.39, 0.29) is 11.5 Å². The molecule has 1 aliphatic carbocycles. The Kier molecular flexibility index (Phi) is 4.06. The predicted molar refractivity (Wildman–Crippen MR) is 88.3 cm³/mol. The van der Waals surface area contributed by atoms with Crippen LogP contribution in [0.1, 0.15) is 27.9 Å². The number of carbonyl (C=O) groups is 1. The lowest BCUT2D eigenvalue weighted by Crippen LogP contribution is -2.14. The van der Waals surface area contributed by atoms with Gasteiger partial charge in [-0.2, -0.15) is 0 Å². The maximum absolute atomic E-state index is 12.6. The van der Waals surface area contributed by atoms with E-state index < -0.39 is 0 Å². The number of Topliss-reactive ketones (excluding diaryl/α,β-unsaturated/α-hetero) is 1. The largest absolute Gasteiger partial charge is 0.508 e. The molecule has 0 aliphatic heterocycles. The summed E-state index contributed by atoms with van der Waals surface area (Å²) in [5, 5.41) is 9.87. The summed E-state index contributed by atoms with van der Waals surface area (Å²) in [6.45, 7) is 0. The smallest absolute Gasteiger partial charge is 0.189 e. The molecule has 23 heavy (non-hydrogen) atoms. The number of ketones is 1. The normalized spacial score (nSPS) is 15.4. The highest BCUT2D eigenvalue weighted by Crippen LogP contribution is 2.33. The maximum atomic E-state index is 12.6. The van der Waals surface area contributed by atoms with Gasteiger partial charge in [0.25, 0.3) is 0 Å². The van der Waals surface area contributed by atoms with Gasteiger partial charge < -0.3 is 14.6 Å². The van der Waals surface area contributed by atoms with E-state index in [1.807, 2.05) is 24.3 Å². The third-order valence-electron chi connectivity index (χ3n) is 4.08. The van der Waals surface area contributed by atoms with Gasteiger partial charge in [0.05, 0.1) is 14.2 Å². The van der Waals surface area contributed by atoms with Crippen LogP contribution in [0.5, 0.6) is 17.2 Å². The minimum atomic E-state index is -0.0306. The van der Waals surface area contributed by atoms with E-state index >= 15 is 0 Å². The van der Waals surface area contributed by atoms with Gasteiger partial charge in [-0.1, -0.05) is 18.2 Å². The number of ether oxygens (including phenoxy) is 2. The molecule has 4 heteroatoms. The molecule has 0 spiro atoms. The number of methoxy groups -OCH3 is 2. The molecule has 3 rings (SSSR count). The number of aromatic hydroxyl groups is 1. The summed E-state index contributed by atoms with van der Waals surface area (Å²) in [6, 6.07) is 10.6. The minimum Gasteiger partial charge on any atom is -0.508 e. The number of carbonyl (C=O) groups excluding carboxylic acids is 1. The Morgan fingerprint density at radius 2 is 1.83 bits per heavy atom. The van der Waals surface area contributed by atoms with E-state index in [0.29, 0.717) is 29.9 Å². The number of allylic oxidation sites excluding steroid dienone is 1. The fourth-order valence-corrected chi connectivity index (χ4v) is 2.88. The van der Waals surface area contributed by atoms with Gasteiger partial charge >= 0.3 is 0 Å². The summed E-state index contributed by atoms with van der Waals surface area (Å²) in [4.78, 5) is 12.6. The number of phenolic OH excluding ortho intramolecular Hbond substituents is 1. The average molecular weight is 310 g/mol. The lowest BCUT2D eigenvalue weighted by Gasteiger charge is -2.18. The van der Waals surface area contributed by atoms with E-state index in [9.17, 15) is 9.90 Å². The van der Waals surface area contributed by atoms with Gasteiger partial charge in [0.15, 0.2) is 17.3 Å². The van der Waals surface area contributed by atoms with Crippen molar-refractivity contribution in [1.29, 1.82) is 0 Å². The van der Waals surface area contributed by atoms with E-state index in [4.69, 9.17) is 9.47 Å². The minimum absolute atomic E-state index is 0.0306. The maximum Gasteiger partial charge on any atom is 0.189 e. The summed E-state index contributed by atoms with van der Waals surface area (Å²) in [5.74, 6) is 1.45. The molecule has 1 aliphatic rings. The van der Waals surface area contributed by atoms with Crippen molar-refractivity contribution in [2.45, 2.75) is 12.8 Å². The first kappa shape index (κ1) is 15.2. The summed E-state index contributed by atoms with van der Waals surface area (Å²) < 4.78 is 10.5. The quantitative estimate of drug-likeness (QED) is 0.880. The monoisotopic (exact) mass is 310 g/mol. The van der Waals surface area contributed by atoms with Crippen LogP contribution in [-0.4, -0.2) is 25.1 Å². The van der Waals surface area contributed by atoms with Gasteiger partial charge in [-0.25, -0.2) is 0 Å². The summed E-state index contributed by atoms with van der Waals surface area (Å²) in [7, 11) is 3.17.